The highest BCUT2D eigenvalue weighted by Crippen LogP contribution is 2.14. The third-order valence-corrected chi connectivity index (χ3v) is 10.9. The van der Waals surface area contributed by atoms with E-state index in [9.17, 15) is 14.4 Å². The van der Waals surface area contributed by atoms with Gasteiger partial charge in [-0.15, -0.1) is 0 Å². The van der Waals surface area contributed by atoms with Crippen molar-refractivity contribution in [3.63, 3.8) is 0 Å². The molecule has 0 fully saturated rings. The normalized spacial score (nSPS) is 12.6. The summed E-state index contributed by atoms with van der Waals surface area (Å²) in [4.78, 5) is 38.0. The fourth-order valence-corrected chi connectivity index (χ4v) is 7.00. The second-order valence-corrected chi connectivity index (χ2v) is 17.0. The molecule has 62 heavy (non-hydrogen) atoms. The largest absolute Gasteiger partial charge is 0.462 e. The molecule has 0 aromatic heterocycles. The lowest BCUT2D eigenvalue weighted by Gasteiger charge is -2.18. The van der Waals surface area contributed by atoms with Crippen molar-refractivity contribution >= 4 is 17.9 Å². The molecule has 0 spiro atoms. The number of unbranched alkanes of at least 4 members (excludes halogenated alkanes) is 23. The van der Waals surface area contributed by atoms with Crippen molar-refractivity contribution in [1.82, 2.24) is 0 Å². The molecule has 0 amide bonds. The quantitative estimate of drug-likeness (QED) is 0.0262. The number of esters is 3. The Kier molecular flexibility index (Phi) is 47.9. The summed E-state index contributed by atoms with van der Waals surface area (Å²) in [6, 6.07) is 0. The fraction of sp³-hybridized carbons (Fsp3) is 0.732. The number of hydrogen-bond acceptors (Lipinski definition) is 6. The van der Waals surface area contributed by atoms with E-state index in [0.717, 1.165) is 135 Å². The van der Waals surface area contributed by atoms with Crippen molar-refractivity contribution in [3.05, 3.63) is 72.9 Å². The van der Waals surface area contributed by atoms with Crippen LogP contribution < -0.4 is 0 Å². The van der Waals surface area contributed by atoms with Gasteiger partial charge in [0.15, 0.2) is 6.10 Å². The van der Waals surface area contributed by atoms with Gasteiger partial charge in [-0.1, -0.05) is 196 Å². The molecule has 0 aromatic carbocycles. The molecule has 0 aromatic rings. The van der Waals surface area contributed by atoms with E-state index in [1.54, 1.807) is 0 Å². The molecule has 0 rings (SSSR count). The van der Waals surface area contributed by atoms with Gasteiger partial charge in [-0.05, 0) is 103 Å². The first-order chi connectivity index (χ1) is 30.5. The Hall–Kier alpha value is -3.15. The van der Waals surface area contributed by atoms with Crippen LogP contribution >= 0.6 is 0 Å². The van der Waals surface area contributed by atoms with E-state index in [0.29, 0.717) is 19.3 Å². The van der Waals surface area contributed by atoms with Crippen molar-refractivity contribution in [3.8, 4) is 0 Å². The Morgan fingerprint density at radius 1 is 0.339 bits per heavy atom. The summed E-state index contributed by atoms with van der Waals surface area (Å²) in [5, 5.41) is 0. The van der Waals surface area contributed by atoms with Gasteiger partial charge in [-0.25, -0.2) is 0 Å². The maximum atomic E-state index is 12.8. The zero-order chi connectivity index (χ0) is 45.1. The molecule has 0 aliphatic carbocycles. The zero-order valence-electron chi connectivity index (χ0n) is 40.6. The lowest BCUT2D eigenvalue weighted by molar-refractivity contribution is -0.167. The molecule has 0 aliphatic rings. The van der Waals surface area contributed by atoms with Gasteiger partial charge in [-0.3, -0.25) is 14.4 Å². The van der Waals surface area contributed by atoms with Crippen molar-refractivity contribution in [2.75, 3.05) is 13.2 Å². The van der Waals surface area contributed by atoms with Crippen molar-refractivity contribution in [1.29, 1.82) is 0 Å². The third-order valence-electron chi connectivity index (χ3n) is 10.9. The summed E-state index contributed by atoms with van der Waals surface area (Å²) in [6.45, 7) is 6.45. The van der Waals surface area contributed by atoms with E-state index in [2.05, 4.69) is 93.7 Å². The third kappa shape index (κ3) is 47.9. The minimum Gasteiger partial charge on any atom is -0.462 e. The van der Waals surface area contributed by atoms with Crippen molar-refractivity contribution in [2.45, 2.75) is 252 Å². The smallest absolute Gasteiger partial charge is 0.306 e. The number of carbonyl (C=O) groups is 3. The summed E-state index contributed by atoms with van der Waals surface area (Å²) in [5.74, 6) is -0.929. The number of hydrogen-bond donors (Lipinski definition) is 0. The zero-order valence-corrected chi connectivity index (χ0v) is 40.6. The maximum absolute atomic E-state index is 12.8. The highest BCUT2D eigenvalue weighted by molar-refractivity contribution is 5.71. The van der Waals surface area contributed by atoms with Crippen LogP contribution in [0.2, 0.25) is 0 Å². The predicted octanol–water partition coefficient (Wildman–Crippen LogP) is 17.0. The van der Waals surface area contributed by atoms with Crippen LogP contribution in [0, 0.1) is 0 Å². The summed E-state index contributed by atoms with van der Waals surface area (Å²) >= 11 is 0. The number of ether oxygens (including phenoxy) is 3. The Morgan fingerprint density at radius 3 is 1.05 bits per heavy atom. The second-order valence-electron chi connectivity index (χ2n) is 17.0. The molecule has 0 heterocycles. The number of allylic oxidation sites excluding steroid dienone is 12. The lowest BCUT2D eigenvalue weighted by atomic mass is 10.1. The molecule has 0 N–H and O–H groups in total. The topological polar surface area (TPSA) is 78.9 Å². The van der Waals surface area contributed by atoms with Crippen LogP contribution in [0.4, 0.5) is 0 Å². The van der Waals surface area contributed by atoms with Crippen molar-refractivity contribution in [2.24, 2.45) is 0 Å². The van der Waals surface area contributed by atoms with Gasteiger partial charge in [0, 0.05) is 19.3 Å². The Bertz CT molecular complexity index is 1180. The molecule has 0 saturated carbocycles. The molecular formula is C56H96O6. The average molecular weight is 865 g/mol. The summed E-state index contributed by atoms with van der Waals surface area (Å²) in [7, 11) is 0. The van der Waals surface area contributed by atoms with Crippen LogP contribution in [0.5, 0.6) is 0 Å². The van der Waals surface area contributed by atoms with Crippen LogP contribution in [0.1, 0.15) is 245 Å². The van der Waals surface area contributed by atoms with Gasteiger partial charge in [-0.2, -0.15) is 0 Å². The van der Waals surface area contributed by atoms with E-state index in [-0.39, 0.29) is 31.1 Å². The molecular weight excluding hydrogens is 769 g/mol. The van der Waals surface area contributed by atoms with Crippen LogP contribution in [0.3, 0.4) is 0 Å². The summed E-state index contributed by atoms with van der Waals surface area (Å²) in [5.41, 5.74) is 0. The monoisotopic (exact) mass is 865 g/mol. The molecule has 1 atom stereocenters. The average Bonchev–Trinajstić information content (AvgIpc) is 3.27. The van der Waals surface area contributed by atoms with Crippen LogP contribution in [-0.2, 0) is 28.6 Å². The predicted molar refractivity (Wildman–Crippen MR) is 265 cm³/mol. The molecule has 6 nitrogen and oxygen atoms in total. The number of rotatable bonds is 46. The van der Waals surface area contributed by atoms with Gasteiger partial charge in [0.1, 0.15) is 13.2 Å². The Balaban J connectivity index is 4.45. The minimum absolute atomic E-state index is 0.0919. The molecule has 0 bridgehead atoms. The summed E-state index contributed by atoms with van der Waals surface area (Å²) in [6.07, 6.45) is 63.1. The van der Waals surface area contributed by atoms with Gasteiger partial charge < -0.3 is 14.2 Å². The van der Waals surface area contributed by atoms with Crippen LogP contribution in [0.15, 0.2) is 72.9 Å². The highest BCUT2D eigenvalue weighted by atomic mass is 16.6. The maximum Gasteiger partial charge on any atom is 0.306 e. The Labute approximate surface area is 382 Å². The lowest BCUT2D eigenvalue weighted by Crippen LogP contribution is -2.30. The first-order valence-corrected chi connectivity index (χ1v) is 25.9. The van der Waals surface area contributed by atoms with Crippen LogP contribution in [-0.4, -0.2) is 37.2 Å². The van der Waals surface area contributed by atoms with Gasteiger partial charge in [0.05, 0.1) is 0 Å². The van der Waals surface area contributed by atoms with Gasteiger partial charge >= 0.3 is 17.9 Å². The van der Waals surface area contributed by atoms with Gasteiger partial charge in [0.25, 0.3) is 0 Å². The van der Waals surface area contributed by atoms with E-state index in [4.69, 9.17) is 14.2 Å². The molecule has 6 heteroatoms. The number of carbonyl (C=O) groups excluding carboxylic acids is 3. The molecule has 0 unspecified atom stereocenters. The molecule has 0 aliphatic heterocycles. The fourth-order valence-electron chi connectivity index (χ4n) is 7.00. The van der Waals surface area contributed by atoms with E-state index in [1.807, 2.05) is 0 Å². The van der Waals surface area contributed by atoms with Crippen LogP contribution in [0.25, 0.3) is 0 Å². The second kappa shape index (κ2) is 50.5. The Morgan fingerprint density at radius 2 is 0.645 bits per heavy atom. The highest BCUT2D eigenvalue weighted by Gasteiger charge is 2.19. The molecule has 0 radical (unpaired) electrons. The first-order valence-electron chi connectivity index (χ1n) is 25.9. The SMILES string of the molecule is CC/C=C\C/C=C\C/C=C\CCCCCCCC(=O)OC[C@@H](COC(=O)CCCCCCC/C=C\C/C=C\CCCC)OC(=O)CCCCCCC/C=C\CCCCCCCC. The van der Waals surface area contributed by atoms with E-state index >= 15 is 0 Å². The van der Waals surface area contributed by atoms with Crippen molar-refractivity contribution < 1.29 is 28.6 Å². The first kappa shape index (κ1) is 58.9. The molecule has 0 saturated heterocycles. The summed E-state index contributed by atoms with van der Waals surface area (Å²) < 4.78 is 16.8. The van der Waals surface area contributed by atoms with E-state index in [1.165, 1.54) is 70.6 Å². The standard InChI is InChI=1S/C56H96O6/c1-4-7-10-13-16-19-22-25-28-31-34-37-40-43-46-49-55(58)61-52-53(51-60-54(57)48-45-42-39-36-33-30-27-24-21-18-15-12-9-6-3)62-56(59)50-47-44-41-38-35-32-29-26-23-20-17-14-11-8-5-2/h7,10,15-16,18-19,24-29,53H,4-6,8-9,11-14,17,20-23,30-52H2,1-3H3/b10-7-,18-15-,19-16-,27-24-,28-25-,29-26-/t53-/m1/s1. The minimum atomic E-state index is -0.792. The molecule has 356 valence electrons. The van der Waals surface area contributed by atoms with E-state index < -0.39 is 6.10 Å². The van der Waals surface area contributed by atoms with Gasteiger partial charge in [0.2, 0.25) is 0 Å².